The van der Waals surface area contributed by atoms with Gasteiger partial charge >= 0.3 is 5.97 Å². The second-order valence-corrected chi connectivity index (χ2v) is 7.44. The number of carboxylic acids is 1. The zero-order valence-corrected chi connectivity index (χ0v) is 17.2. The third-order valence-corrected chi connectivity index (χ3v) is 5.44. The van der Waals surface area contributed by atoms with Crippen molar-refractivity contribution in [1.82, 2.24) is 15.0 Å². The first-order valence-electron chi connectivity index (χ1n) is 10.3. The highest BCUT2D eigenvalue weighted by Crippen LogP contribution is 2.30. The van der Waals surface area contributed by atoms with Crippen molar-refractivity contribution in [1.29, 1.82) is 0 Å². The lowest BCUT2D eigenvalue weighted by Crippen LogP contribution is -2.36. The van der Waals surface area contributed by atoms with E-state index in [0.29, 0.717) is 30.4 Å². The van der Waals surface area contributed by atoms with Gasteiger partial charge in [0, 0.05) is 42.6 Å². The largest absolute Gasteiger partial charge is 0.478 e. The van der Waals surface area contributed by atoms with E-state index in [9.17, 15) is 9.90 Å². The number of anilines is 3. The van der Waals surface area contributed by atoms with Gasteiger partial charge in [0.2, 0.25) is 5.95 Å². The van der Waals surface area contributed by atoms with Crippen LogP contribution < -0.4 is 10.2 Å². The number of carbonyl (C=O) groups is 1. The SMILES string of the molecule is O=C(O)c1cnc(Nc2ccccc2N2CCOCC2)nc1-c1ccc2ccncc2c1. The van der Waals surface area contributed by atoms with E-state index in [1.165, 1.54) is 6.20 Å². The number of fused-ring (bicyclic) bond motifs is 1. The molecule has 0 aliphatic carbocycles. The summed E-state index contributed by atoms with van der Waals surface area (Å²) >= 11 is 0. The minimum absolute atomic E-state index is 0.0419. The molecule has 160 valence electrons. The smallest absolute Gasteiger partial charge is 0.339 e. The summed E-state index contributed by atoms with van der Waals surface area (Å²) in [6, 6.07) is 15.5. The van der Waals surface area contributed by atoms with E-state index in [4.69, 9.17) is 4.74 Å². The molecular weight excluding hydrogens is 406 g/mol. The van der Waals surface area contributed by atoms with Crippen LogP contribution in [0.25, 0.3) is 22.0 Å². The molecule has 1 fully saturated rings. The number of pyridine rings is 1. The Kier molecular flexibility index (Phi) is 5.35. The van der Waals surface area contributed by atoms with Crippen molar-refractivity contribution in [3.05, 3.63) is 72.7 Å². The van der Waals surface area contributed by atoms with E-state index in [-0.39, 0.29) is 5.56 Å². The molecule has 0 radical (unpaired) electrons. The number of nitrogens with one attached hydrogen (secondary N) is 1. The molecule has 2 aromatic heterocycles. The lowest BCUT2D eigenvalue weighted by Gasteiger charge is -2.30. The topological polar surface area (TPSA) is 100 Å². The van der Waals surface area contributed by atoms with Crippen LogP contribution in [0.1, 0.15) is 10.4 Å². The Bertz CT molecular complexity index is 1290. The minimum atomic E-state index is -1.08. The highest BCUT2D eigenvalue weighted by Gasteiger charge is 2.18. The standard InChI is InChI=1S/C24H21N5O3/c30-23(31)19-15-26-24(27-20-3-1-2-4-21(20)29-9-11-32-12-10-29)28-22(19)17-6-5-16-7-8-25-14-18(16)13-17/h1-8,13-15H,9-12H2,(H,30,31)(H,26,27,28). The number of hydrogen-bond donors (Lipinski definition) is 2. The summed E-state index contributed by atoms with van der Waals surface area (Å²) in [4.78, 5) is 27.1. The van der Waals surface area contributed by atoms with Gasteiger partial charge < -0.3 is 20.1 Å². The molecule has 0 saturated carbocycles. The maximum atomic E-state index is 11.9. The quantitative estimate of drug-likeness (QED) is 0.493. The Morgan fingerprint density at radius 3 is 2.72 bits per heavy atom. The molecule has 4 aromatic rings. The fourth-order valence-electron chi connectivity index (χ4n) is 3.83. The number of aromatic carboxylic acids is 1. The zero-order chi connectivity index (χ0) is 21.9. The lowest BCUT2D eigenvalue weighted by atomic mass is 10.0. The van der Waals surface area contributed by atoms with Gasteiger partial charge in [0.25, 0.3) is 0 Å². The van der Waals surface area contributed by atoms with Crippen molar-refractivity contribution in [2.24, 2.45) is 0 Å². The van der Waals surface area contributed by atoms with Gasteiger partial charge in [-0.25, -0.2) is 14.8 Å². The molecule has 8 heteroatoms. The maximum Gasteiger partial charge on any atom is 0.339 e. The van der Waals surface area contributed by atoms with Gasteiger partial charge in [-0.1, -0.05) is 24.3 Å². The predicted octanol–water partition coefficient (Wildman–Crippen LogP) is 3.97. The first kappa shape index (κ1) is 19.9. The Hall–Kier alpha value is -4.04. The van der Waals surface area contributed by atoms with Crippen LogP contribution >= 0.6 is 0 Å². The molecule has 8 nitrogen and oxygen atoms in total. The van der Waals surface area contributed by atoms with Crippen LogP contribution in [0.15, 0.2) is 67.1 Å². The summed E-state index contributed by atoms with van der Waals surface area (Å²) in [7, 11) is 0. The van der Waals surface area contributed by atoms with E-state index in [1.807, 2.05) is 48.5 Å². The molecule has 2 aromatic carbocycles. The maximum absolute atomic E-state index is 11.9. The third-order valence-electron chi connectivity index (χ3n) is 5.44. The van der Waals surface area contributed by atoms with Crippen LogP contribution in [0, 0.1) is 0 Å². The summed E-state index contributed by atoms with van der Waals surface area (Å²) in [5.74, 6) is -0.747. The normalized spacial score (nSPS) is 13.8. The zero-order valence-electron chi connectivity index (χ0n) is 17.2. The van der Waals surface area contributed by atoms with E-state index in [0.717, 1.165) is 35.2 Å². The van der Waals surface area contributed by atoms with E-state index >= 15 is 0 Å². The monoisotopic (exact) mass is 427 g/mol. The molecule has 3 heterocycles. The van der Waals surface area contributed by atoms with Crippen molar-refractivity contribution >= 4 is 34.1 Å². The van der Waals surface area contributed by atoms with Crippen LogP contribution in [0.3, 0.4) is 0 Å². The summed E-state index contributed by atoms with van der Waals surface area (Å²) in [5.41, 5.74) is 2.96. The molecule has 2 N–H and O–H groups in total. The van der Waals surface area contributed by atoms with Gasteiger partial charge in [0.05, 0.1) is 30.3 Å². The molecule has 0 bridgehead atoms. The number of para-hydroxylation sites is 2. The fraction of sp³-hybridized carbons (Fsp3) is 0.167. The van der Waals surface area contributed by atoms with Crippen molar-refractivity contribution in [2.45, 2.75) is 0 Å². The molecule has 0 amide bonds. The van der Waals surface area contributed by atoms with Gasteiger partial charge in [-0.3, -0.25) is 4.98 Å². The van der Waals surface area contributed by atoms with E-state index in [2.05, 4.69) is 25.2 Å². The Morgan fingerprint density at radius 1 is 1.03 bits per heavy atom. The van der Waals surface area contributed by atoms with Gasteiger partial charge in [0.15, 0.2) is 0 Å². The Morgan fingerprint density at radius 2 is 1.88 bits per heavy atom. The number of nitrogens with zero attached hydrogens (tertiary/aromatic N) is 4. The Labute approximate surface area is 184 Å². The predicted molar refractivity (Wildman–Crippen MR) is 122 cm³/mol. The van der Waals surface area contributed by atoms with Gasteiger partial charge in [0.1, 0.15) is 5.56 Å². The molecule has 1 aliphatic rings. The average molecular weight is 427 g/mol. The average Bonchev–Trinajstić information content (AvgIpc) is 2.84. The fourth-order valence-corrected chi connectivity index (χ4v) is 3.83. The summed E-state index contributed by atoms with van der Waals surface area (Å²) < 4.78 is 5.46. The molecule has 32 heavy (non-hydrogen) atoms. The molecule has 1 saturated heterocycles. The van der Waals surface area contributed by atoms with Crippen LogP contribution in [-0.2, 0) is 4.74 Å². The van der Waals surface area contributed by atoms with E-state index in [1.54, 1.807) is 12.4 Å². The molecular formula is C24H21N5O3. The molecule has 5 rings (SSSR count). The number of carboxylic acid groups (broad SMARTS) is 1. The lowest BCUT2D eigenvalue weighted by molar-refractivity contribution is 0.0697. The minimum Gasteiger partial charge on any atom is -0.478 e. The van der Waals surface area contributed by atoms with E-state index < -0.39 is 5.97 Å². The van der Waals surface area contributed by atoms with Crippen molar-refractivity contribution in [3.8, 4) is 11.3 Å². The molecule has 0 unspecified atom stereocenters. The molecule has 0 spiro atoms. The van der Waals surface area contributed by atoms with Crippen LogP contribution in [0.5, 0.6) is 0 Å². The highest BCUT2D eigenvalue weighted by molar-refractivity contribution is 5.96. The second kappa shape index (κ2) is 8.60. The number of rotatable bonds is 5. The first-order chi connectivity index (χ1) is 15.7. The molecule has 0 atom stereocenters. The summed E-state index contributed by atoms with van der Waals surface area (Å²) in [6.07, 6.45) is 4.82. The number of morpholine rings is 1. The van der Waals surface area contributed by atoms with Crippen LogP contribution in [0.2, 0.25) is 0 Å². The Balaban J connectivity index is 1.53. The highest BCUT2D eigenvalue weighted by atomic mass is 16.5. The number of ether oxygens (including phenoxy) is 1. The van der Waals surface area contributed by atoms with Crippen molar-refractivity contribution in [3.63, 3.8) is 0 Å². The second-order valence-electron chi connectivity index (χ2n) is 7.44. The third kappa shape index (κ3) is 3.95. The first-order valence-corrected chi connectivity index (χ1v) is 10.3. The number of hydrogen-bond acceptors (Lipinski definition) is 7. The van der Waals surface area contributed by atoms with Crippen LogP contribution in [-0.4, -0.2) is 52.3 Å². The van der Waals surface area contributed by atoms with Crippen molar-refractivity contribution in [2.75, 3.05) is 36.5 Å². The summed E-state index contributed by atoms with van der Waals surface area (Å²) in [6.45, 7) is 2.96. The molecule has 1 aliphatic heterocycles. The van der Waals surface area contributed by atoms with Gasteiger partial charge in [-0.05, 0) is 29.7 Å². The van der Waals surface area contributed by atoms with Gasteiger partial charge in [-0.2, -0.15) is 0 Å². The van der Waals surface area contributed by atoms with Crippen LogP contribution in [0.4, 0.5) is 17.3 Å². The van der Waals surface area contributed by atoms with Gasteiger partial charge in [-0.15, -0.1) is 0 Å². The summed E-state index contributed by atoms with van der Waals surface area (Å²) in [5, 5.41) is 14.9. The van der Waals surface area contributed by atoms with Crippen molar-refractivity contribution < 1.29 is 14.6 Å². The number of aromatic nitrogens is 3. The number of benzene rings is 2.